The van der Waals surface area contributed by atoms with Gasteiger partial charge in [-0.15, -0.1) is 12.4 Å². The highest BCUT2D eigenvalue weighted by Crippen LogP contribution is 2.37. The van der Waals surface area contributed by atoms with E-state index < -0.39 is 0 Å². The number of hydrogen-bond acceptors (Lipinski definition) is 3. The first-order valence-electron chi connectivity index (χ1n) is 7.67. The van der Waals surface area contributed by atoms with Gasteiger partial charge in [-0.05, 0) is 48.9 Å². The zero-order chi connectivity index (χ0) is 16.7. The molecule has 0 fully saturated rings. The Morgan fingerprint density at radius 1 is 0.958 bits per heavy atom. The predicted octanol–water partition coefficient (Wildman–Crippen LogP) is 5.50. The molecule has 1 N–H and O–H groups in total. The Hall–Kier alpha value is -1.13. The summed E-state index contributed by atoms with van der Waals surface area (Å²) < 4.78 is 11.6. The normalized spacial score (nSPS) is 10.2. The zero-order valence-corrected chi connectivity index (χ0v) is 16.1. The van der Waals surface area contributed by atoms with Crippen molar-refractivity contribution in [3.05, 3.63) is 57.6 Å². The van der Waals surface area contributed by atoms with Crippen molar-refractivity contribution in [2.24, 2.45) is 0 Å². The Bertz CT molecular complexity index is 633. The number of rotatable bonds is 8. The van der Waals surface area contributed by atoms with Gasteiger partial charge in [0.2, 0.25) is 0 Å². The summed E-state index contributed by atoms with van der Waals surface area (Å²) in [7, 11) is 0. The van der Waals surface area contributed by atoms with Crippen molar-refractivity contribution in [2.45, 2.75) is 27.0 Å². The van der Waals surface area contributed by atoms with Gasteiger partial charge in [-0.3, -0.25) is 0 Å². The smallest absolute Gasteiger partial charge is 0.180 e. The molecule has 2 aromatic rings. The molecule has 0 saturated carbocycles. The van der Waals surface area contributed by atoms with Gasteiger partial charge in [0, 0.05) is 11.6 Å². The number of benzene rings is 2. The molecule has 0 saturated heterocycles. The summed E-state index contributed by atoms with van der Waals surface area (Å²) in [6.07, 6.45) is 0. The minimum Gasteiger partial charge on any atom is -0.490 e. The minimum absolute atomic E-state index is 0. The Labute approximate surface area is 159 Å². The van der Waals surface area contributed by atoms with Crippen LogP contribution in [0.2, 0.25) is 10.0 Å². The van der Waals surface area contributed by atoms with Crippen molar-refractivity contribution in [2.75, 3.05) is 13.2 Å². The van der Waals surface area contributed by atoms with Crippen LogP contribution in [0.25, 0.3) is 0 Å². The standard InChI is InChI=1S/C18H21Cl2NO2.ClH/c1-3-21-11-14-9-16(20)18(17(10-14)22-4-2)23-12-13-5-7-15(19)8-6-13;/h5-10,21H,3-4,11-12H2,1-2H3;1H. The molecule has 0 radical (unpaired) electrons. The molecule has 2 aromatic carbocycles. The van der Waals surface area contributed by atoms with Gasteiger partial charge in [-0.1, -0.05) is 42.3 Å². The first-order valence-corrected chi connectivity index (χ1v) is 8.42. The number of halogens is 3. The predicted molar refractivity (Wildman–Crippen MR) is 103 cm³/mol. The SMILES string of the molecule is CCNCc1cc(Cl)c(OCc2ccc(Cl)cc2)c(OCC)c1.Cl. The lowest BCUT2D eigenvalue weighted by Gasteiger charge is -2.15. The highest BCUT2D eigenvalue weighted by molar-refractivity contribution is 6.32. The third-order valence-electron chi connectivity index (χ3n) is 3.24. The van der Waals surface area contributed by atoms with Gasteiger partial charge >= 0.3 is 0 Å². The van der Waals surface area contributed by atoms with Gasteiger partial charge in [0.25, 0.3) is 0 Å². The van der Waals surface area contributed by atoms with Crippen LogP contribution in [0.4, 0.5) is 0 Å². The highest BCUT2D eigenvalue weighted by Gasteiger charge is 2.13. The fourth-order valence-electron chi connectivity index (χ4n) is 2.13. The summed E-state index contributed by atoms with van der Waals surface area (Å²) >= 11 is 12.3. The molecule has 132 valence electrons. The van der Waals surface area contributed by atoms with Crippen LogP contribution in [0, 0.1) is 0 Å². The molecule has 0 aliphatic heterocycles. The lowest BCUT2D eigenvalue weighted by atomic mass is 10.2. The summed E-state index contributed by atoms with van der Waals surface area (Å²) in [5.41, 5.74) is 2.09. The molecular weight excluding hydrogens is 369 g/mol. The molecule has 6 heteroatoms. The zero-order valence-electron chi connectivity index (χ0n) is 13.8. The van der Waals surface area contributed by atoms with Crippen LogP contribution in [0.15, 0.2) is 36.4 Å². The van der Waals surface area contributed by atoms with Gasteiger partial charge in [0.15, 0.2) is 11.5 Å². The van der Waals surface area contributed by atoms with E-state index in [1.807, 2.05) is 43.3 Å². The molecular formula is C18H22Cl3NO2. The molecule has 0 aromatic heterocycles. The van der Waals surface area contributed by atoms with E-state index in [0.717, 1.165) is 24.2 Å². The Morgan fingerprint density at radius 2 is 1.67 bits per heavy atom. The minimum atomic E-state index is 0. The lowest BCUT2D eigenvalue weighted by molar-refractivity contribution is 0.269. The average Bonchev–Trinajstić information content (AvgIpc) is 2.54. The van der Waals surface area contributed by atoms with E-state index in [2.05, 4.69) is 12.2 Å². The van der Waals surface area contributed by atoms with Crippen molar-refractivity contribution in [3.63, 3.8) is 0 Å². The number of ether oxygens (including phenoxy) is 2. The highest BCUT2D eigenvalue weighted by atomic mass is 35.5. The van der Waals surface area contributed by atoms with Crippen LogP contribution in [0.3, 0.4) is 0 Å². The van der Waals surface area contributed by atoms with Gasteiger partial charge in [0.1, 0.15) is 6.61 Å². The van der Waals surface area contributed by atoms with Crippen molar-refractivity contribution < 1.29 is 9.47 Å². The fourth-order valence-corrected chi connectivity index (χ4v) is 2.55. The van der Waals surface area contributed by atoms with Crippen molar-refractivity contribution in [3.8, 4) is 11.5 Å². The lowest BCUT2D eigenvalue weighted by Crippen LogP contribution is -2.12. The van der Waals surface area contributed by atoms with Crippen LogP contribution >= 0.6 is 35.6 Å². The third-order valence-corrected chi connectivity index (χ3v) is 3.78. The fraction of sp³-hybridized carbons (Fsp3) is 0.333. The van der Waals surface area contributed by atoms with E-state index in [9.17, 15) is 0 Å². The van der Waals surface area contributed by atoms with Crippen LogP contribution in [0.5, 0.6) is 11.5 Å². The number of nitrogens with one attached hydrogen (secondary N) is 1. The van der Waals surface area contributed by atoms with E-state index in [4.69, 9.17) is 32.7 Å². The van der Waals surface area contributed by atoms with Crippen LogP contribution in [-0.2, 0) is 13.2 Å². The molecule has 0 spiro atoms. The van der Waals surface area contributed by atoms with Crippen LogP contribution < -0.4 is 14.8 Å². The summed E-state index contributed by atoms with van der Waals surface area (Å²) in [6, 6.07) is 11.4. The summed E-state index contributed by atoms with van der Waals surface area (Å²) in [5, 5.41) is 4.53. The maximum Gasteiger partial charge on any atom is 0.180 e. The second-order valence-corrected chi connectivity index (χ2v) is 5.88. The topological polar surface area (TPSA) is 30.5 Å². The monoisotopic (exact) mass is 389 g/mol. The molecule has 3 nitrogen and oxygen atoms in total. The van der Waals surface area contributed by atoms with Crippen molar-refractivity contribution in [1.29, 1.82) is 0 Å². The van der Waals surface area contributed by atoms with Gasteiger partial charge in [-0.25, -0.2) is 0 Å². The second-order valence-electron chi connectivity index (χ2n) is 5.03. The van der Waals surface area contributed by atoms with Crippen molar-refractivity contribution >= 4 is 35.6 Å². The molecule has 2 rings (SSSR count). The molecule has 0 amide bonds. The maximum absolute atomic E-state index is 6.39. The van der Waals surface area contributed by atoms with E-state index in [1.165, 1.54) is 0 Å². The number of hydrogen-bond donors (Lipinski definition) is 1. The summed E-state index contributed by atoms with van der Waals surface area (Å²) in [6.45, 7) is 6.61. The van der Waals surface area contributed by atoms with Crippen LogP contribution in [0.1, 0.15) is 25.0 Å². The molecule has 0 atom stereocenters. The third kappa shape index (κ3) is 6.06. The summed E-state index contributed by atoms with van der Waals surface area (Å²) in [4.78, 5) is 0. The molecule has 0 heterocycles. The largest absolute Gasteiger partial charge is 0.490 e. The molecule has 0 unspecified atom stereocenters. The maximum atomic E-state index is 6.39. The molecule has 0 aliphatic rings. The van der Waals surface area contributed by atoms with E-state index in [0.29, 0.717) is 34.8 Å². The second kappa shape index (κ2) is 10.7. The Morgan fingerprint density at radius 3 is 2.29 bits per heavy atom. The molecule has 24 heavy (non-hydrogen) atoms. The van der Waals surface area contributed by atoms with Gasteiger partial charge in [-0.2, -0.15) is 0 Å². The summed E-state index contributed by atoms with van der Waals surface area (Å²) in [5.74, 6) is 1.24. The van der Waals surface area contributed by atoms with Crippen molar-refractivity contribution in [1.82, 2.24) is 5.32 Å². The van der Waals surface area contributed by atoms with Gasteiger partial charge in [0.05, 0.1) is 11.6 Å². The van der Waals surface area contributed by atoms with Crippen LogP contribution in [-0.4, -0.2) is 13.2 Å². The van der Waals surface area contributed by atoms with E-state index >= 15 is 0 Å². The first kappa shape index (κ1) is 20.9. The Balaban J connectivity index is 0.00000288. The average molecular weight is 391 g/mol. The first-order chi connectivity index (χ1) is 11.1. The Kier molecular flexibility index (Phi) is 9.30. The van der Waals surface area contributed by atoms with E-state index in [-0.39, 0.29) is 12.4 Å². The van der Waals surface area contributed by atoms with E-state index in [1.54, 1.807) is 0 Å². The molecule has 0 bridgehead atoms. The molecule has 0 aliphatic carbocycles. The quantitative estimate of drug-likeness (QED) is 0.645. The van der Waals surface area contributed by atoms with Gasteiger partial charge < -0.3 is 14.8 Å².